The van der Waals surface area contributed by atoms with E-state index in [9.17, 15) is 10.1 Å². The van der Waals surface area contributed by atoms with E-state index < -0.39 is 5.03 Å². The van der Waals surface area contributed by atoms with E-state index in [4.69, 9.17) is 4.74 Å². The number of hydrazine groups is 1. The molecule has 1 rings (SSSR count). The van der Waals surface area contributed by atoms with Crippen LogP contribution in [0.2, 0.25) is 0 Å². The molecule has 0 aromatic carbocycles. The number of hydrogen-bond donors (Lipinski definition) is 1. The van der Waals surface area contributed by atoms with Gasteiger partial charge in [-0.3, -0.25) is 4.99 Å². The summed E-state index contributed by atoms with van der Waals surface area (Å²) in [4.78, 5) is 14.5. The Labute approximate surface area is 92.6 Å². The van der Waals surface area contributed by atoms with Gasteiger partial charge < -0.3 is 4.74 Å². The second-order valence-electron chi connectivity index (χ2n) is 3.37. The predicted octanol–water partition coefficient (Wildman–Crippen LogP) is 0.912. The average molecular weight is 233 g/mol. The minimum absolute atomic E-state index is 0.0578. The van der Waals surface area contributed by atoms with Crippen molar-refractivity contribution in [3.63, 3.8) is 0 Å². The SMILES string of the molecule is CSC(=NC(C)C1CCOC1)N[N+](=O)[O-]. The van der Waals surface area contributed by atoms with Crippen LogP contribution < -0.4 is 5.43 Å². The number of nitrogens with zero attached hydrogens (tertiary/aromatic N) is 2. The highest BCUT2D eigenvalue weighted by atomic mass is 32.2. The van der Waals surface area contributed by atoms with Crippen molar-refractivity contribution in [2.75, 3.05) is 19.5 Å². The summed E-state index contributed by atoms with van der Waals surface area (Å²) in [6.45, 7) is 3.42. The monoisotopic (exact) mass is 233 g/mol. The molecule has 2 atom stereocenters. The Morgan fingerprint density at radius 3 is 3.00 bits per heavy atom. The molecule has 0 aromatic rings. The van der Waals surface area contributed by atoms with E-state index in [1.807, 2.05) is 6.92 Å². The first-order valence-electron chi connectivity index (χ1n) is 4.74. The molecular formula is C8H15N3O3S. The van der Waals surface area contributed by atoms with Crippen molar-refractivity contribution in [1.82, 2.24) is 5.43 Å². The maximum absolute atomic E-state index is 10.2. The summed E-state index contributed by atoms with van der Waals surface area (Å²) < 4.78 is 5.24. The van der Waals surface area contributed by atoms with Gasteiger partial charge in [-0.1, -0.05) is 17.2 Å². The van der Waals surface area contributed by atoms with Crippen molar-refractivity contribution in [3.05, 3.63) is 10.1 Å². The number of ether oxygens (including phenoxy) is 1. The molecule has 0 spiro atoms. The number of rotatable bonds is 3. The standard InChI is InChI=1S/C8H15N3O3S/c1-6(7-3-4-14-5-7)9-8(15-2)10-11(12)13/h6-7H,3-5H2,1-2H3,(H,9,10). The van der Waals surface area contributed by atoms with Gasteiger partial charge in [-0.05, 0) is 19.6 Å². The molecule has 15 heavy (non-hydrogen) atoms. The Kier molecular flexibility index (Phi) is 4.83. The molecule has 0 amide bonds. The van der Waals surface area contributed by atoms with E-state index in [0.717, 1.165) is 13.0 Å². The van der Waals surface area contributed by atoms with Gasteiger partial charge in [0.1, 0.15) is 0 Å². The molecule has 1 saturated heterocycles. The summed E-state index contributed by atoms with van der Waals surface area (Å²) >= 11 is 1.24. The second-order valence-corrected chi connectivity index (χ2v) is 4.17. The van der Waals surface area contributed by atoms with E-state index in [2.05, 4.69) is 10.4 Å². The molecule has 2 unspecified atom stereocenters. The van der Waals surface area contributed by atoms with E-state index in [-0.39, 0.29) is 6.04 Å². The molecule has 0 aliphatic carbocycles. The van der Waals surface area contributed by atoms with Gasteiger partial charge in [0.25, 0.3) is 0 Å². The highest BCUT2D eigenvalue weighted by Crippen LogP contribution is 2.19. The van der Waals surface area contributed by atoms with Crippen molar-refractivity contribution >= 4 is 16.9 Å². The fourth-order valence-electron chi connectivity index (χ4n) is 1.43. The molecule has 86 valence electrons. The highest BCUT2D eigenvalue weighted by Gasteiger charge is 2.22. The van der Waals surface area contributed by atoms with Crippen LogP contribution in [-0.4, -0.2) is 35.7 Å². The van der Waals surface area contributed by atoms with Crippen LogP contribution in [0.4, 0.5) is 0 Å². The fraction of sp³-hybridized carbons (Fsp3) is 0.875. The first-order valence-corrected chi connectivity index (χ1v) is 5.96. The summed E-state index contributed by atoms with van der Waals surface area (Å²) in [5, 5.41) is 10.0. The first kappa shape index (κ1) is 12.3. The van der Waals surface area contributed by atoms with E-state index in [0.29, 0.717) is 17.7 Å². The number of thioether (sulfide) groups is 1. The molecule has 0 radical (unpaired) electrons. The van der Waals surface area contributed by atoms with Gasteiger partial charge in [-0.2, -0.15) is 0 Å². The summed E-state index contributed by atoms with van der Waals surface area (Å²) in [5.41, 5.74) is 2.08. The summed E-state index contributed by atoms with van der Waals surface area (Å²) in [6, 6.07) is 0.0578. The molecular weight excluding hydrogens is 218 g/mol. The lowest BCUT2D eigenvalue weighted by Gasteiger charge is -2.13. The van der Waals surface area contributed by atoms with Crippen LogP contribution in [0.5, 0.6) is 0 Å². The Morgan fingerprint density at radius 1 is 1.80 bits per heavy atom. The van der Waals surface area contributed by atoms with Crippen LogP contribution >= 0.6 is 11.8 Å². The largest absolute Gasteiger partial charge is 0.381 e. The topological polar surface area (TPSA) is 76.8 Å². The summed E-state index contributed by atoms with van der Waals surface area (Å²) in [5.74, 6) is 0.376. The van der Waals surface area contributed by atoms with Crippen LogP contribution in [0.1, 0.15) is 13.3 Å². The van der Waals surface area contributed by atoms with Crippen molar-refractivity contribution in [2.45, 2.75) is 19.4 Å². The number of nitrogens with one attached hydrogen (secondary N) is 1. The third kappa shape index (κ3) is 4.05. The van der Waals surface area contributed by atoms with E-state index >= 15 is 0 Å². The van der Waals surface area contributed by atoms with Crippen molar-refractivity contribution in [2.24, 2.45) is 10.9 Å². The minimum Gasteiger partial charge on any atom is -0.381 e. The van der Waals surface area contributed by atoms with Gasteiger partial charge in [-0.25, -0.2) is 10.1 Å². The molecule has 1 N–H and O–H groups in total. The lowest BCUT2D eigenvalue weighted by molar-refractivity contribution is -0.524. The molecule has 1 aliphatic heterocycles. The Bertz CT molecular complexity index is 254. The van der Waals surface area contributed by atoms with Gasteiger partial charge in [0.15, 0.2) is 5.03 Å². The third-order valence-electron chi connectivity index (χ3n) is 2.35. The summed E-state index contributed by atoms with van der Waals surface area (Å²) in [7, 11) is 0. The van der Waals surface area contributed by atoms with Gasteiger partial charge in [-0.15, -0.1) is 0 Å². The van der Waals surface area contributed by atoms with Crippen molar-refractivity contribution in [1.29, 1.82) is 0 Å². The van der Waals surface area contributed by atoms with Crippen LogP contribution in [0.3, 0.4) is 0 Å². The van der Waals surface area contributed by atoms with Crippen LogP contribution in [0.15, 0.2) is 4.99 Å². The second kappa shape index (κ2) is 5.92. The number of aliphatic imine (C=N–C) groups is 1. The summed E-state index contributed by atoms with van der Waals surface area (Å²) in [6.07, 6.45) is 2.73. The normalized spacial score (nSPS) is 23.9. The molecule has 1 aliphatic rings. The van der Waals surface area contributed by atoms with Crippen molar-refractivity contribution in [3.8, 4) is 0 Å². The zero-order valence-corrected chi connectivity index (χ0v) is 9.62. The minimum atomic E-state index is -0.590. The maximum Gasteiger partial charge on any atom is 0.220 e. The first-order chi connectivity index (χ1) is 7.13. The van der Waals surface area contributed by atoms with Gasteiger partial charge in [0.2, 0.25) is 5.17 Å². The maximum atomic E-state index is 10.2. The zero-order valence-electron chi connectivity index (χ0n) is 8.80. The van der Waals surface area contributed by atoms with E-state index in [1.165, 1.54) is 11.8 Å². The van der Waals surface area contributed by atoms with Gasteiger partial charge >= 0.3 is 0 Å². The van der Waals surface area contributed by atoms with E-state index in [1.54, 1.807) is 6.26 Å². The molecule has 7 heteroatoms. The Balaban J connectivity index is 2.52. The smallest absolute Gasteiger partial charge is 0.220 e. The quantitative estimate of drug-likeness (QED) is 0.339. The molecule has 0 saturated carbocycles. The number of nitro groups is 1. The van der Waals surface area contributed by atoms with Crippen molar-refractivity contribution < 1.29 is 9.77 Å². The molecule has 6 nitrogen and oxygen atoms in total. The molecule has 1 fully saturated rings. The van der Waals surface area contributed by atoms with Gasteiger partial charge in [0, 0.05) is 12.5 Å². The lowest BCUT2D eigenvalue weighted by atomic mass is 10.0. The Morgan fingerprint density at radius 2 is 2.53 bits per heavy atom. The fourth-order valence-corrected chi connectivity index (χ4v) is 1.87. The third-order valence-corrected chi connectivity index (χ3v) is 2.93. The molecule has 0 aromatic heterocycles. The molecule has 0 bridgehead atoms. The van der Waals surface area contributed by atoms with Crippen LogP contribution in [0, 0.1) is 16.0 Å². The Hall–Kier alpha value is -0.820. The highest BCUT2D eigenvalue weighted by molar-refractivity contribution is 8.13. The van der Waals surface area contributed by atoms with Gasteiger partial charge in [0.05, 0.1) is 12.6 Å². The zero-order chi connectivity index (χ0) is 11.3. The lowest BCUT2D eigenvalue weighted by Crippen LogP contribution is -2.29. The number of hydrogen-bond acceptors (Lipinski definition) is 5. The van der Waals surface area contributed by atoms with Crippen LogP contribution in [0.25, 0.3) is 0 Å². The molecule has 1 heterocycles. The van der Waals surface area contributed by atoms with Crippen LogP contribution in [-0.2, 0) is 4.74 Å². The average Bonchev–Trinajstić information content (AvgIpc) is 2.68. The predicted molar refractivity (Wildman–Crippen MR) is 59.5 cm³/mol. The number of amidine groups is 1.